The zero-order chi connectivity index (χ0) is 24.8. The van der Waals surface area contributed by atoms with Crippen molar-refractivity contribution in [2.45, 2.75) is 45.4 Å². The second kappa shape index (κ2) is 10.9. The largest absolute Gasteiger partial charge is 0.481 e. The molecular weight excluding hydrogens is 438 g/mol. The number of amides is 1. The minimum absolute atomic E-state index is 0.0221. The molecule has 1 amide bonds. The summed E-state index contributed by atoms with van der Waals surface area (Å²) in [5.74, 6) is 0.596. The molecule has 0 radical (unpaired) electrons. The summed E-state index contributed by atoms with van der Waals surface area (Å²) < 4.78 is 11.3. The van der Waals surface area contributed by atoms with E-state index in [0.717, 1.165) is 36.3 Å². The van der Waals surface area contributed by atoms with Crippen LogP contribution in [-0.2, 0) is 17.7 Å². The van der Waals surface area contributed by atoms with Gasteiger partial charge in [0.15, 0.2) is 0 Å². The van der Waals surface area contributed by atoms with Crippen LogP contribution in [0, 0.1) is 0 Å². The quantitative estimate of drug-likeness (QED) is 0.478. The van der Waals surface area contributed by atoms with Crippen LogP contribution >= 0.6 is 0 Å². The lowest BCUT2D eigenvalue weighted by Gasteiger charge is -2.42. The monoisotopic (exact) mass is 473 g/mol. The number of nitrogens with zero attached hydrogens (tertiary/aromatic N) is 3. The summed E-state index contributed by atoms with van der Waals surface area (Å²) in [6, 6.07) is 22.7. The van der Waals surface area contributed by atoms with Crippen LogP contribution in [0.3, 0.4) is 0 Å². The molecule has 0 aliphatic carbocycles. The Hall–Kier alpha value is -3.38. The van der Waals surface area contributed by atoms with Crippen LogP contribution in [0.5, 0.6) is 5.88 Å². The number of ether oxygens (including phenoxy) is 2. The first kappa shape index (κ1) is 24.7. The van der Waals surface area contributed by atoms with Crippen molar-refractivity contribution in [1.29, 1.82) is 0 Å². The molecule has 0 spiro atoms. The van der Waals surface area contributed by atoms with Crippen molar-refractivity contribution >= 4 is 6.09 Å². The maximum Gasteiger partial charge on any atom is 0.410 e. The summed E-state index contributed by atoms with van der Waals surface area (Å²) >= 11 is 0. The van der Waals surface area contributed by atoms with Crippen molar-refractivity contribution in [3.8, 4) is 17.0 Å². The Morgan fingerprint density at radius 1 is 0.971 bits per heavy atom. The summed E-state index contributed by atoms with van der Waals surface area (Å²) in [7, 11) is 1.64. The van der Waals surface area contributed by atoms with Gasteiger partial charge >= 0.3 is 6.09 Å². The maximum atomic E-state index is 13.2. The SMILES string of the molecule is COc1ncccc1-c1ccccc1C[C@@H]1CN(Cc2ccccc2)CCN1C(=O)OC(C)(C)C. The van der Waals surface area contributed by atoms with Gasteiger partial charge in [0.25, 0.3) is 0 Å². The molecular formula is C29H35N3O3. The lowest BCUT2D eigenvalue weighted by Crippen LogP contribution is -2.56. The number of rotatable bonds is 6. The van der Waals surface area contributed by atoms with Gasteiger partial charge in [-0.3, -0.25) is 4.90 Å². The number of aromatic nitrogens is 1. The zero-order valence-corrected chi connectivity index (χ0v) is 21.1. The van der Waals surface area contributed by atoms with Gasteiger partial charge in [-0.15, -0.1) is 0 Å². The highest BCUT2D eigenvalue weighted by atomic mass is 16.6. The number of carbonyl (C=O) groups excluding carboxylic acids is 1. The minimum Gasteiger partial charge on any atom is -0.481 e. The summed E-state index contributed by atoms with van der Waals surface area (Å²) in [5.41, 5.74) is 3.91. The van der Waals surface area contributed by atoms with Crippen LogP contribution in [0.1, 0.15) is 31.9 Å². The highest BCUT2D eigenvalue weighted by molar-refractivity contribution is 5.72. The first-order valence-corrected chi connectivity index (χ1v) is 12.2. The Labute approximate surface area is 208 Å². The summed E-state index contributed by atoms with van der Waals surface area (Å²) in [4.78, 5) is 21.9. The summed E-state index contributed by atoms with van der Waals surface area (Å²) in [6.45, 7) is 8.80. The number of methoxy groups -OCH3 is 1. The Kier molecular flexibility index (Phi) is 7.71. The molecule has 35 heavy (non-hydrogen) atoms. The first-order valence-electron chi connectivity index (χ1n) is 12.2. The van der Waals surface area contributed by atoms with Crippen LogP contribution in [0.4, 0.5) is 4.79 Å². The molecule has 6 nitrogen and oxygen atoms in total. The van der Waals surface area contributed by atoms with Crippen LogP contribution in [0.25, 0.3) is 11.1 Å². The molecule has 1 aliphatic rings. The fourth-order valence-electron chi connectivity index (χ4n) is 4.61. The highest BCUT2D eigenvalue weighted by Crippen LogP contribution is 2.32. The number of carbonyl (C=O) groups is 1. The smallest absolute Gasteiger partial charge is 0.410 e. The average molecular weight is 474 g/mol. The van der Waals surface area contributed by atoms with E-state index in [9.17, 15) is 4.79 Å². The van der Waals surface area contributed by atoms with Gasteiger partial charge in [0.2, 0.25) is 5.88 Å². The third kappa shape index (κ3) is 6.40. The van der Waals surface area contributed by atoms with Crippen molar-refractivity contribution in [2.24, 2.45) is 0 Å². The van der Waals surface area contributed by atoms with E-state index >= 15 is 0 Å². The molecule has 0 saturated carbocycles. The van der Waals surface area contributed by atoms with Crippen LogP contribution in [0.2, 0.25) is 0 Å². The molecule has 0 unspecified atom stereocenters. The van der Waals surface area contributed by atoms with E-state index in [1.807, 2.05) is 56.0 Å². The minimum atomic E-state index is -0.538. The molecule has 184 valence electrons. The van der Waals surface area contributed by atoms with Crippen LogP contribution in [0.15, 0.2) is 72.9 Å². The van der Waals surface area contributed by atoms with E-state index in [4.69, 9.17) is 9.47 Å². The van der Waals surface area contributed by atoms with Gasteiger partial charge in [0, 0.05) is 37.9 Å². The Balaban J connectivity index is 1.62. The standard InChI is InChI=1S/C29H35N3O3/c1-29(2,3)35-28(33)32-18-17-31(20-22-11-6-5-7-12-22)21-24(32)19-23-13-8-9-14-25(23)26-15-10-16-30-27(26)34-4/h5-16,24H,17-21H2,1-4H3/t24-/m1/s1. The van der Waals surface area contributed by atoms with Crippen molar-refractivity contribution in [3.63, 3.8) is 0 Å². The third-order valence-corrected chi connectivity index (χ3v) is 6.17. The van der Waals surface area contributed by atoms with Crippen molar-refractivity contribution < 1.29 is 14.3 Å². The number of pyridine rings is 1. The van der Waals surface area contributed by atoms with E-state index in [-0.39, 0.29) is 12.1 Å². The zero-order valence-electron chi connectivity index (χ0n) is 21.1. The van der Waals surface area contributed by atoms with E-state index in [2.05, 4.69) is 46.3 Å². The maximum absolute atomic E-state index is 13.2. The van der Waals surface area contributed by atoms with Crippen LogP contribution in [-0.4, -0.2) is 59.3 Å². The topological polar surface area (TPSA) is 54.9 Å². The molecule has 0 N–H and O–H groups in total. The predicted molar refractivity (Wildman–Crippen MR) is 138 cm³/mol. The molecule has 4 rings (SSSR count). The van der Waals surface area contributed by atoms with Gasteiger partial charge < -0.3 is 14.4 Å². The second-order valence-corrected chi connectivity index (χ2v) is 9.97. The van der Waals surface area contributed by atoms with E-state index in [1.165, 1.54) is 5.56 Å². The fraction of sp³-hybridized carbons (Fsp3) is 0.379. The molecule has 0 bridgehead atoms. The number of hydrogen-bond acceptors (Lipinski definition) is 5. The van der Waals surface area contributed by atoms with Gasteiger partial charge in [-0.2, -0.15) is 0 Å². The normalized spacial score (nSPS) is 16.7. The first-order chi connectivity index (χ1) is 16.8. The molecule has 6 heteroatoms. The van der Waals surface area contributed by atoms with Gasteiger partial charge in [-0.1, -0.05) is 54.6 Å². The highest BCUT2D eigenvalue weighted by Gasteiger charge is 2.34. The molecule has 1 fully saturated rings. The number of benzene rings is 2. The van der Waals surface area contributed by atoms with Crippen molar-refractivity contribution in [2.75, 3.05) is 26.7 Å². The van der Waals surface area contributed by atoms with E-state index < -0.39 is 5.60 Å². The molecule has 1 aliphatic heterocycles. The van der Waals surface area contributed by atoms with E-state index in [1.54, 1.807) is 13.3 Å². The Morgan fingerprint density at radius 3 is 2.43 bits per heavy atom. The third-order valence-electron chi connectivity index (χ3n) is 6.17. The lowest BCUT2D eigenvalue weighted by molar-refractivity contribution is -0.00231. The predicted octanol–water partition coefficient (Wildman–Crippen LogP) is 5.42. The molecule has 2 aromatic carbocycles. The van der Waals surface area contributed by atoms with Gasteiger partial charge in [0.05, 0.1) is 13.2 Å². The number of hydrogen-bond donors (Lipinski definition) is 0. The van der Waals surface area contributed by atoms with Crippen molar-refractivity contribution in [3.05, 3.63) is 84.1 Å². The molecule has 1 aromatic heterocycles. The van der Waals surface area contributed by atoms with Crippen LogP contribution < -0.4 is 4.74 Å². The average Bonchev–Trinajstić information content (AvgIpc) is 2.84. The Morgan fingerprint density at radius 2 is 1.69 bits per heavy atom. The van der Waals surface area contributed by atoms with Gasteiger partial charge in [0.1, 0.15) is 5.60 Å². The molecule has 2 heterocycles. The lowest BCUT2D eigenvalue weighted by atomic mass is 9.94. The van der Waals surface area contributed by atoms with Gasteiger partial charge in [-0.25, -0.2) is 9.78 Å². The summed E-state index contributed by atoms with van der Waals surface area (Å²) in [5, 5.41) is 0. The summed E-state index contributed by atoms with van der Waals surface area (Å²) in [6.07, 6.45) is 2.19. The Bertz CT molecular complexity index is 1130. The molecule has 1 atom stereocenters. The second-order valence-electron chi connectivity index (χ2n) is 9.97. The fourth-order valence-corrected chi connectivity index (χ4v) is 4.61. The van der Waals surface area contributed by atoms with Crippen molar-refractivity contribution in [1.82, 2.24) is 14.8 Å². The van der Waals surface area contributed by atoms with E-state index in [0.29, 0.717) is 18.8 Å². The molecule has 3 aromatic rings. The van der Waals surface area contributed by atoms with Gasteiger partial charge in [-0.05, 0) is 56.0 Å². The number of piperazine rings is 1. The molecule has 1 saturated heterocycles.